The maximum Gasteiger partial charge on any atom is 0.315 e. The number of rotatable bonds is 7. The minimum Gasteiger partial charge on any atom is -0.468 e. The molecule has 1 aromatic rings. The van der Waals surface area contributed by atoms with Crippen molar-refractivity contribution in [3.05, 3.63) is 24.2 Å². The highest BCUT2D eigenvalue weighted by Gasteiger charge is 2.24. The molecule has 2 heterocycles. The summed E-state index contributed by atoms with van der Waals surface area (Å²) in [4.78, 5) is 14.3. The van der Waals surface area contributed by atoms with Crippen molar-refractivity contribution in [2.45, 2.75) is 38.3 Å². The van der Waals surface area contributed by atoms with Crippen LogP contribution in [0.2, 0.25) is 0 Å². The van der Waals surface area contributed by atoms with E-state index < -0.39 is 0 Å². The summed E-state index contributed by atoms with van der Waals surface area (Å²) in [5.41, 5.74) is 0. The third kappa shape index (κ3) is 5.03. The van der Waals surface area contributed by atoms with E-state index in [0.717, 1.165) is 18.8 Å². The molecule has 0 spiro atoms. The monoisotopic (exact) mass is 309 g/mol. The maximum atomic E-state index is 12.0. The molecule has 2 rings (SSSR count). The molecule has 1 fully saturated rings. The third-order valence-corrected chi connectivity index (χ3v) is 3.95. The Morgan fingerprint density at radius 1 is 1.41 bits per heavy atom. The number of amides is 2. The van der Waals surface area contributed by atoms with Crippen LogP contribution in [0.5, 0.6) is 0 Å². The third-order valence-electron chi connectivity index (χ3n) is 3.95. The first-order valence-electron chi connectivity index (χ1n) is 8.01. The Morgan fingerprint density at radius 3 is 2.82 bits per heavy atom. The number of carbonyl (C=O) groups is 1. The summed E-state index contributed by atoms with van der Waals surface area (Å²) in [7, 11) is 1.62. The number of piperidine rings is 1. The number of hydrogen-bond donors (Lipinski definition) is 2. The van der Waals surface area contributed by atoms with Crippen LogP contribution in [0.3, 0.4) is 0 Å². The van der Waals surface area contributed by atoms with Crippen molar-refractivity contribution in [3.63, 3.8) is 0 Å². The van der Waals surface area contributed by atoms with Crippen molar-refractivity contribution in [1.82, 2.24) is 15.5 Å². The molecule has 1 aliphatic heterocycles. The Kier molecular flexibility index (Phi) is 6.74. The van der Waals surface area contributed by atoms with Crippen LogP contribution in [0.1, 0.15) is 38.0 Å². The number of nitrogens with one attached hydrogen (secondary N) is 2. The molecule has 0 radical (unpaired) electrons. The Labute approximate surface area is 132 Å². The second-order valence-electron chi connectivity index (χ2n) is 5.84. The first kappa shape index (κ1) is 16.8. The van der Waals surface area contributed by atoms with Gasteiger partial charge in [0.05, 0.1) is 25.0 Å². The van der Waals surface area contributed by atoms with Gasteiger partial charge in [-0.25, -0.2) is 4.79 Å². The molecule has 0 aliphatic carbocycles. The molecular formula is C16H27N3O3. The van der Waals surface area contributed by atoms with Crippen molar-refractivity contribution in [1.29, 1.82) is 0 Å². The summed E-state index contributed by atoms with van der Waals surface area (Å²) in [6, 6.07) is 3.79. The van der Waals surface area contributed by atoms with Gasteiger partial charge < -0.3 is 19.8 Å². The van der Waals surface area contributed by atoms with E-state index >= 15 is 0 Å². The standard InChI is InChI=1S/C16H27N3O3/c1-13(12-21-2)18-16(20)17-11-14(15-7-6-10-22-15)19-8-4-3-5-9-19/h6-7,10,13-14H,3-5,8-9,11-12H2,1-2H3,(H2,17,18,20)/t13-,14-/m1/s1. The molecule has 124 valence electrons. The number of hydrogen-bond acceptors (Lipinski definition) is 4. The summed E-state index contributed by atoms with van der Waals surface area (Å²) >= 11 is 0. The summed E-state index contributed by atoms with van der Waals surface area (Å²) in [6.07, 6.45) is 5.37. The summed E-state index contributed by atoms with van der Waals surface area (Å²) in [5.74, 6) is 0.909. The zero-order valence-corrected chi connectivity index (χ0v) is 13.5. The molecule has 2 amide bonds. The van der Waals surface area contributed by atoms with Gasteiger partial charge >= 0.3 is 6.03 Å². The number of furan rings is 1. The quantitative estimate of drug-likeness (QED) is 0.810. The summed E-state index contributed by atoms with van der Waals surface area (Å²) in [6.45, 7) is 5.06. The van der Waals surface area contributed by atoms with E-state index in [1.54, 1.807) is 13.4 Å². The lowest BCUT2D eigenvalue weighted by molar-refractivity contribution is 0.142. The molecule has 1 aliphatic rings. The number of methoxy groups -OCH3 is 1. The maximum absolute atomic E-state index is 12.0. The predicted octanol–water partition coefficient (Wildman–Crippen LogP) is 2.14. The van der Waals surface area contributed by atoms with Gasteiger partial charge in [0.15, 0.2) is 0 Å². The fourth-order valence-corrected chi connectivity index (χ4v) is 2.88. The number of nitrogens with zero attached hydrogens (tertiary/aromatic N) is 1. The van der Waals surface area contributed by atoms with Crippen molar-refractivity contribution >= 4 is 6.03 Å². The summed E-state index contributed by atoms with van der Waals surface area (Å²) in [5, 5.41) is 5.81. The Hall–Kier alpha value is -1.53. The fraction of sp³-hybridized carbons (Fsp3) is 0.688. The minimum absolute atomic E-state index is 0.0120. The highest BCUT2D eigenvalue weighted by atomic mass is 16.5. The van der Waals surface area contributed by atoms with Crippen LogP contribution in [0.4, 0.5) is 4.79 Å². The lowest BCUT2D eigenvalue weighted by atomic mass is 10.1. The zero-order valence-electron chi connectivity index (χ0n) is 13.5. The lowest BCUT2D eigenvalue weighted by Crippen LogP contribution is -2.46. The van der Waals surface area contributed by atoms with Gasteiger partial charge in [0.2, 0.25) is 0 Å². The molecule has 1 saturated heterocycles. The largest absolute Gasteiger partial charge is 0.468 e. The molecule has 0 saturated carbocycles. The molecule has 0 aromatic carbocycles. The number of likely N-dealkylation sites (tertiary alicyclic amines) is 1. The van der Waals surface area contributed by atoms with Crippen LogP contribution in [0, 0.1) is 0 Å². The molecular weight excluding hydrogens is 282 g/mol. The molecule has 6 heteroatoms. The van der Waals surface area contributed by atoms with Crippen LogP contribution < -0.4 is 10.6 Å². The predicted molar refractivity (Wildman–Crippen MR) is 84.7 cm³/mol. The molecule has 0 unspecified atom stereocenters. The van der Waals surface area contributed by atoms with Crippen LogP contribution in [-0.4, -0.2) is 50.3 Å². The van der Waals surface area contributed by atoms with Gasteiger partial charge in [0.1, 0.15) is 5.76 Å². The average Bonchev–Trinajstić information content (AvgIpc) is 3.03. The van der Waals surface area contributed by atoms with Crippen LogP contribution in [0.15, 0.2) is 22.8 Å². The van der Waals surface area contributed by atoms with Gasteiger partial charge in [-0.3, -0.25) is 4.90 Å². The Balaban J connectivity index is 1.88. The molecule has 1 aromatic heterocycles. The van der Waals surface area contributed by atoms with Crippen LogP contribution >= 0.6 is 0 Å². The second-order valence-corrected chi connectivity index (χ2v) is 5.84. The molecule has 0 bridgehead atoms. The highest BCUT2D eigenvalue weighted by molar-refractivity contribution is 5.74. The molecule has 22 heavy (non-hydrogen) atoms. The van der Waals surface area contributed by atoms with Gasteiger partial charge in [0, 0.05) is 13.7 Å². The molecule has 6 nitrogen and oxygen atoms in total. The van der Waals surface area contributed by atoms with Crippen LogP contribution in [0.25, 0.3) is 0 Å². The normalized spacial score (nSPS) is 18.6. The number of urea groups is 1. The van der Waals surface area contributed by atoms with E-state index in [0.29, 0.717) is 13.2 Å². The summed E-state index contributed by atoms with van der Waals surface area (Å²) < 4.78 is 10.6. The van der Waals surface area contributed by atoms with E-state index in [2.05, 4.69) is 15.5 Å². The molecule has 2 N–H and O–H groups in total. The Morgan fingerprint density at radius 2 is 2.18 bits per heavy atom. The zero-order chi connectivity index (χ0) is 15.8. The lowest BCUT2D eigenvalue weighted by Gasteiger charge is -2.33. The van der Waals surface area contributed by atoms with Crippen molar-refractivity contribution < 1.29 is 13.9 Å². The van der Waals surface area contributed by atoms with Crippen molar-refractivity contribution in [2.75, 3.05) is 33.4 Å². The first-order chi connectivity index (χ1) is 10.7. The van der Waals surface area contributed by atoms with Crippen molar-refractivity contribution in [2.24, 2.45) is 0 Å². The van der Waals surface area contributed by atoms with Gasteiger partial charge in [-0.2, -0.15) is 0 Å². The van der Waals surface area contributed by atoms with Gasteiger partial charge in [0.25, 0.3) is 0 Å². The van der Waals surface area contributed by atoms with E-state index in [1.165, 1.54) is 19.3 Å². The fourth-order valence-electron chi connectivity index (χ4n) is 2.88. The van der Waals surface area contributed by atoms with E-state index in [9.17, 15) is 4.79 Å². The Bertz CT molecular complexity index is 430. The van der Waals surface area contributed by atoms with E-state index in [4.69, 9.17) is 9.15 Å². The highest BCUT2D eigenvalue weighted by Crippen LogP contribution is 2.24. The van der Waals surface area contributed by atoms with Crippen LogP contribution in [-0.2, 0) is 4.74 Å². The van der Waals surface area contributed by atoms with E-state index in [1.807, 2.05) is 19.1 Å². The average molecular weight is 309 g/mol. The molecule has 2 atom stereocenters. The SMILES string of the molecule is COC[C@@H](C)NC(=O)NC[C@H](c1ccco1)N1CCCCC1. The van der Waals surface area contributed by atoms with Crippen molar-refractivity contribution in [3.8, 4) is 0 Å². The first-order valence-corrected chi connectivity index (χ1v) is 8.01. The second kappa shape index (κ2) is 8.80. The van der Waals surface area contributed by atoms with E-state index in [-0.39, 0.29) is 18.1 Å². The smallest absolute Gasteiger partial charge is 0.315 e. The topological polar surface area (TPSA) is 66.7 Å². The van der Waals surface area contributed by atoms with Gasteiger partial charge in [-0.1, -0.05) is 6.42 Å². The number of carbonyl (C=O) groups excluding carboxylic acids is 1. The minimum atomic E-state index is -0.168. The number of ether oxygens (including phenoxy) is 1. The van der Waals surface area contributed by atoms with Gasteiger partial charge in [-0.05, 0) is 45.0 Å². The van der Waals surface area contributed by atoms with Gasteiger partial charge in [-0.15, -0.1) is 0 Å².